The molecule has 5 rings (SSSR count). The zero-order chi connectivity index (χ0) is 26.5. The maximum atomic E-state index is 13.4. The van der Waals surface area contributed by atoms with Gasteiger partial charge in [-0.25, -0.2) is 4.98 Å². The number of hydrogen-bond acceptors (Lipinski definition) is 5. The second-order valence-electron chi connectivity index (χ2n) is 8.36. The quantitative estimate of drug-likeness (QED) is 0.134. The first-order valence-corrected chi connectivity index (χ1v) is 13.4. The van der Waals surface area contributed by atoms with E-state index in [-0.39, 0.29) is 5.56 Å². The molecule has 0 spiro atoms. The van der Waals surface area contributed by atoms with Gasteiger partial charge in [0.2, 0.25) is 0 Å². The molecular weight excluding hydrogens is 613 g/mol. The van der Waals surface area contributed by atoms with E-state index in [2.05, 4.69) is 27.7 Å². The van der Waals surface area contributed by atoms with Gasteiger partial charge in [-0.05, 0) is 77.0 Å². The molecule has 0 aliphatic carbocycles. The second kappa shape index (κ2) is 11.8. The second-order valence-corrected chi connectivity index (χ2v) is 9.96. The molecule has 0 saturated heterocycles. The Kier molecular flexibility index (Phi) is 8.05. The summed E-state index contributed by atoms with van der Waals surface area (Å²) in [6.45, 7) is 2.77. The molecule has 0 bridgehead atoms. The number of rotatable bonds is 8. The topological polar surface area (TPSA) is 65.7 Å². The van der Waals surface area contributed by atoms with Crippen molar-refractivity contribution in [3.8, 4) is 22.9 Å². The molecule has 8 heteroatoms. The maximum Gasteiger partial charge on any atom is 0.282 e. The molecule has 38 heavy (non-hydrogen) atoms. The molecule has 1 aromatic heterocycles. The highest BCUT2D eigenvalue weighted by Crippen LogP contribution is 2.34. The van der Waals surface area contributed by atoms with Crippen molar-refractivity contribution in [2.75, 3.05) is 6.61 Å². The fourth-order valence-corrected chi connectivity index (χ4v) is 4.84. The summed E-state index contributed by atoms with van der Waals surface area (Å²) < 4.78 is 14.2. The number of ether oxygens (including phenoxy) is 2. The van der Waals surface area contributed by atoms with Crippen molar-refractivity contribution < 1.29 is 9.47 Å². The van der Waals surface area contributed by atoms with Gasteiger partial charge in [0.05, 0.1) is 27.3 Å². The van der Waals surface area contributed by atoms with Gasteiger partial charge in [0.15, 0.2) is 17.3 Å². The van der Waals surface area contributed by atoms with Gasteiger partial charge in [-0.15, -0.1) is 0 Å². The summed E-state index contributed by atoms with van der Waals surface area (Å²) >= 11 is 8.21. The van der Waals surface area contributed by atoms with Crippen LogP contribution in [0.2, 0.25) is 5.02 Å². The Balaban J connectivity index is 1.52. The summed E-state index contributed by atoms with van der Waals surface area (Å²) in [7, 11) is 0. The van der Waals surface area contributed by atoms with Crippen molar-refractivity contribution in [2.45, 2.75) is 13.5 Å². The van der Waals surface area contributed by atoms with Gasteiger partial charge in [0.1, 0.15) is 6.61 Å². The first kappa shape index (κ1) is 25.9. The van der Waals surface area contributed by atoms with Crippen LogP contribution in [0.15, 0.2) is 101 Å². The normalized spacial score (nSPS) is 11.2. The van der Waals surface area contributed by atoms with Crippen LogP contribution in [0.25, 0.3) is 22.3 Å². The number of aromatic nitrogens is 2. The molecule has 0 aliphatic rings. The number of hydrogen-bond donors (Lipinski definition) is 0. The van der Waals surface area contributed by atoms with Crippen molar-refractivity contribution in [3.05, 3.63) is 121 Å². The number of nitrogens with zero attached hydrogens (tertiary/aromatic N) is 3. The predicted molar refractivity (Wildman–Crippen MR) is 161 cm³/mol. The fourth-order valence-electron chi connectivity index (χ4n) is 3.93. The van der Waals surface area contributed by atoms with E-state index in [1.54, 1.807) is 12.3 Å². The lowest BCUT2D eigenvalue weighted by Gasteiger charge is -2.15. The van der Waals surface area contributed by atoms with Gasteiger partial charge in [0, 0.05) is 10.6 Å². The van der Waals surface area contributed by atoms with E-state index in [0.29, 0.717) is 46.5 Å². The summed E-state index contributed by atoms with van der Waals surface area (Å²) in [5.74, 6) is 1.71. The molecule has 1 heterocycles. The van der Waals surface area contributed by atoms with E-state index in [9.17, 15) is 4.79 Å². The van der Waals surface area contributed by atoms with Gasteiger partial charge in [0.25, 0.3) is 5.56 Å². The van der Waals surface area contributed by atoms with Crippen molar-refractivity contribution in [1.82, 2.24) is 9.66 Å². The van der Waals surface area contributed by atoms with Gasteiger partial charge < -0.3 is 9.47 Å². The van der Waals surface area contributed by atoms with Crippen LogP contribution in [0.5, 0.6) is 11.5 Å². The summed E-state index contributed by atoms with van der Waals surface area (Å²) in [5, 5.41) is 5.76. The van der Waals surface area contributed by atoms with E-state index in [0.717, 1.165) is 20.3 Å². The van der Waals surface area contributed by atoms with Gasteiger partial charge in [-0.1, -0.05) is 66.2 Å². The SMILES string of the molecule is CCOc1cc(C=Nn2c(-c3ccccc3)nc3ccccc3c2=O)cc(I)c1OCc1ccc(Cl)cc1. The van der Waals surface area contributed by atoms with Crippen LogP contribution in [-0.2, 0) is 6.61 Å². The van der Waals surface area contributed by atoms with E-state index in [1.165, 1.54) is 4.68 Å². The number of benzene rings is 4. The Labute approximate surface area is 238 Å². The predicted octanol–water partition coefficient (Wildman–Crippen LogP) is 7.18. The van der Waals surface area contributed by atoms with E-state index >= 15 is 0 Å². The van der Waals surface area contributed by atoms with Gasteiger partial charge in [-0.3, -0.25) is 4.79 Å². The lowest BCUT2D eigenvalue weighted by atomic mass is 10.2. The highest BCUT2D eigenvalue weighted by atomic mass is 127. The molecule has 0 fully saturated rings. The summed E-state index contributed by atoms with van der Waals surface area (Å²) in [6.07, 6.45) is 1.64. The fraction of sp³-hybridized carbons (Fsp3) is 0.100. The molecule has 0 atom stereocenters. The Morgan fingerprint density at radius 3 is 2.47 bits per heavy atom. The van der Waals surface area contributed by atoms with E-state index in [1.807, 2.05) is 91.9 Å². The van der Waals surface area contributed by atoms with Crippen LogP contribution >= 0.6 is 34.2 Å². The monoisotopic (exact) mass is 635 g/mol. The third-order valence-electron chi connectivity index (χ3n) is 5.74. The molecule has 5 aromatic rings. The highest BCUT2D eigenvalue weighted by Gasteiger charge is 2.14. The number of halogens is 2. The summed E-state index contributed by atoms with van der Waals surface area (Å²) in [6, 6.07) is 28.1. The number of para-hydroxylation sites is 1. The summed E-state index contributed by atoms with van der Waals surface area (Å²) in [5.41, 5.74) is 2.93. The van der Waals surface area contributed by atoms with Crippen molar-refractivity contribution >= 4 is 51.3 Å². The molecule has 0 N–H and O–H groups in total. The Morgan fingerprint density at radius 1 is 0.974 bits per heavy atom. The maximum absolute atomic E-state index is 13.4. The molecule has 6 nitrogen and oxygen atoms in total. The summed E-state index contributed by atoms with van der Waals surface area (Å²) in [4.78, 5) is 18.2. The van der Waals surface area contributed by atoms with Crippen molar-refractivity contribution in [2.24, 2.45) is 5.10 Å². The van der Waals surface area contributed by atoms with Crippen LogP contribution < -0.4 is 15.0 Å². The van der Waals surface area contributed by atoms with Crippen LogP contribution in [0.3, 0.4) is 0 Å². The first-order chi connectivity index (χ1) is 18.5. The third-order valence-corrected chi connectivity index (χ3v) is 6.79. The molecular formula is C30H23ClIN3O3. The van der Waals surface area contributed by atoms with Crippen molar-refractivity contribution in [1.29, 1.82) is 0 Å². The molecule has 0 aliphatic heterocycles. The molecule has 0 amide bonds. The first-order valence-electron chi connectivity index (χ1n) is 12.0. The Bertz CT molecular complexity index is 1670. The molecule has 190 valence electrons. The lowest BCUT2D eigenvalue weighted by Crippen LogP contribution is -2.20. The minimum atomic E-state index is -0.242. The minimum Gasteiger partial charge on any atom is -0.490 e. The van der Waals surface area contributed by atoms with Gasteiger partial charge >= 0.3 is 0 Å². The zero-order valence-electron chi connectivity index (χ0n) is 20.5. The van der Waals surface area contributed by atoms with E-state index < -0.39 is 0 Å². The average molecular weight is 636 g/mol. The zero-order valence-corrected chi connectivity index (χ0v) is 23.4. The molecule has 0 unspecified atom stereocenters. The Morgan fingerprint density at radius 2 is 1.71 bits per heavy atom. The Hall–Kier alpha value is -3.69. The molecule has 0 saturated carbocycles. The van der Waals surface area contributed by atoms with Crippen LogP contribution in [-0.4, -0.2) is 22.5 Å². The van der Waals surface area contributed by atoms with E-state index in [4.69, 9.17) is 26.1 Å². The number of fused-ring (bicyclic) bond motifs is 1. The molecule has 0 radical (unpaired) electrons. The van der Waals surface area contributed by atoms with Crippen molar-refractivity contribution in [3.63, 3.8) is 0 Å². The third kappa shape index (κ3) is 5.74. The lowest BCUT2D eigenvalue weighted by molar-refractivity contribution is 0.267. The highest BCUT2D eigenvalue weighted by molar-refractivity contribution is 14.1. The molecule has 4 aromatic carbocycles. The van der Waals surface area contributed by atoms with Gasteiger partial charge in [-0.2, -0.15) is 9.78 Å². The largest absolute Gasteiger partial charge is 0.490 e. The minimum absolute atomic E-state index is 0.242. The van der Waals surface area contributed by atoms with Crippen LogP contribution in [0.1, 0.15) is 18.1 Å². The van der Waals surface area contributed by atoms with Crippen LogP contribution in [0.4, 0.5) is 0 Å². The van der Waals surface area contributed by atoms with Crippen LogP contribution in [0, 0.1) is 3.57 Å². The smallest absolute Gasteiger partial charge is 0.282 e. The average Bonchev–Trinajstić information content (AvgIpc) is 2.93. The standard InChI is InChI=1S/C30H23ClIN3O3/c1-2-37-27-17-21(16-25(32)28(27)38-19-20-12-14-23(31)15-13-20)18-33-35-29(22-8-4-3-5-9-22)34-26-11-7-6-10-24(26)30(35)36/h3-18H,2,19H2,1H3.